The Morgan fingerprint density at radius 1 is 1.60 bits per heavy atom. The van der Waals surface area contributed by atoms with E-state index in [1.165, 1.54) is 4.88 Å². The van der Waals surface area contributed by atoms with Crippen LogP contribution in [0.3, 0.4) is 0 Å². The predicted molar refractivity (Wildman–Crippen MR) is 69.5 cm³/mol. The quantitative estimate of drug-likeness (QED) is 0.866. The van der Waals surface area contributed by atoms with Crippen LogP contribution in [0.2, 0.25) is 5.02 Å². The number of thiophene rings is 1. The van der Waals surface area contributed by atoms with Crippen LogP contribution in [-0.4, -0.2) is 6.34 Å². The van der Waals surface area contributed by atoms with Crippen LogP contribution in [0.5, 0.6) is 0 Å². The molecule has 15 heavy (non-hydrogen) atoms. The molecule has 0 fully saturated rings. The molecule has 0 aromatic carbocycles. The Kier molecular flexibility index (Phi) is 4.64. The SMILES string of the molecule is CCc1cc(Cl)c(C2C=CNC=N2)s1.Cl. The topological polar surface area (TPSA) is 24.4 Å². The lowest BCUT2D eigenvalue weighted by atomic mass is 10.2. The third-order valence-electron chi connectivity index (χ3n) is 2.07. The van der Waals surface area contributed by atoms with Crippen LogP contribution in [0.25, 0.3) is 0 Å². The van der Waals surface area contributed by atoms with E-state index in [0.717, 1.165) is 16.3 Å². The van der Waals surface area contributed by atoms with Crippen LogP contribution in [0.1, 0.15) is 22.7 Å². The minimum Gasteiger partial charge on any atom is -0.353 e. The van der Waals surface area contributed by atoms with Gasteiger partial charge in [-0.25, -0.2) is 0 Å². The second kappa shape index (κ2) is 5.54. The van der Waals surface area contributed by atoms with Gasteiger partial charge in [0.2, 0.25) is 0 Å². The summed E-state index contributed by atoms with van der Waals surface area (Å²) >= 11 is 7.88. The number of hydrogen-bond acceptors (Lipinski definition) is 3. The third kappa shape index (κ3) is 2.74. The van der Waals surface area contributed by atoms with Gasteiger partial charge in [0, 0.05) is 11.1 Å². The van der Waals surface area contributed by atoms with Crippen molar-refractivity contribution in [1.29, 1.82) is 0 Å². The standard InChI is InChI=1S/C10H11ClN2S.ClH/c1-2-7-5-8(11)10(14-7)9-3-4-12-6-13-9;/h3-6,9H,2H2,1H3,(H,12,13);1H. The van der Waals surface area contributed by atoms with Crippen molar-refractivity contribution in [3.05, 3.63) is 33.1 Å². The summed E-state index contributed by atoms with van der Waals surface area (Å²) in [6.45, 7) is 2.13. The largest absolute Gasteiger partial charge is 0.353 e. The number of halogens is 2. The Bertz CT molecular complexity index is 373. The van der Waals surface area contributed by atoms with Crippen molar-refractivity contribution < 1.29 is 0 Å². The first-order chi connectivity index (χ1) is 6.81. The average molecular weight is 263 g/mol. The Balaban J connectivity index is 0.00000112. The first-order valence-corrected chi connectivity index (χ1v) is 5.73. The normalized spacial score (nSPS) is 18.4. The summed E-state index contributed by atoms with van der Waals surface area (Å²) < 4.78 is 0. The number of aryl methyl sites for hydroxylation is 1. The van der Waals surface area contributed by atoms with Gasteiger partial charge in [0.1, 0.15) is 6.04 Å². The Morgan fingerprint density at radius 3 is 2.93 bits per heavy atom. The highest BCUT2D eigenvalue weighted by atomic mass is 35.5. The zero-order chi connectivity index (χ0) is 9.97. The van der Waals surface area contributed by atoms with Crippen LogP contribution in [0.4, 0.5) is 0 Å². The van der Waals surface area contributed by atoms with Crippen LogP contribution in [0, 0.1) is 0 Å². The fourth-order valence-electron chi connectivity index (χ4n) is 1.33. The van der Waals surface area contributed by atoms with Gasteiger partial charge in [-0.3, -0.25) is 4.99 Å². The maximum absolute atomic E-state index is 6.14. The molecule has 0 saturated carbocycles. The van der Waals surface area contributed by atoms with E-state index < -0.39 is 0 Å². The van der Waals surface area contributed by atoms with Gasteiger partial charge in [0.05, 0.1) is 16.2 Å². The van der Waals surface area contributed by atoms with Crippen molar-refractivity contribution in [3.8, 4) is 0 Å². The van der Waals surface area contributed by atoms with E-state index in [-0.39, 0.29) is 18.4 Å². The Morgan fingerprint density at radius 2 is 2.40 bits per heavy atom. The molecule has 0 amide bonds. The average Bonchev–Trinajstić information content (AvgIpc) is 2.61. The van der Waals surface area contributed by atoms with E-state index in [9.17, 15) is 0 Å². The Labute approximate surface area is 104 Å². The molecule has 2 heterocycles. The van der Waals surface area contributed by atoms with Gasteiger partial charge in [0.15, 0.2) is 0 Å². The molecule has 0 bridgehead atoms. The summed E-state index contributed by atoms with van der Waals surface area (Å²) in [6.07, 6.45) is 6.63. The smallest absolute Gasteiger partial charge is 0.107 e. The van der Waals surface area contributed by atoms with Crippen molar-refractivity contribution in [2.24, 2.45) is 4.99 Å². The van der Waals surface area contributed by atoms with Gasteiger partial charge >= 0.3 is 0 Å². The first-order valence-electron chi connectivity index (χ1n) is 4.53. The van der Waals surface area contributed by atoms with E-state index >= 15 is 0 Å². The van der Waals surface area contributed by atoms with Gasteiger partial charge in [-0.05, 0) is 18.6 Å². The molecule has 1 aliphatic heterocycles. The highest BCUT2D eigenvalue weighted by molar-refractivity contribution is 7.12. The third-order valence-corrected chi connectivity index (χ3v) is 3.84. The maximum atomic E-state index is 6.14. The molecular formula is C10H12Cl2N2S. The summed E-state index contributed by atoms with van der Waals surface area (Å²) in [5.41, 5.74) is 0. The zero-order valence-electron chi connectivity index (χ0n) is 8.24. The van der Waals surface area contributed by atoms with Crippen molar-refractivity contribution in [2.45, 2.75) is 19.4 Å². The second-order valence-electron chi connectivity index (χ2n) is 3.03. The van der Waals surface area contributed by atoms with Gasteiger partial charge < -0.3 is 5.32 Å². The lowest BCUT2D eigenvalue weighted by Crippen LogP contribution is -2.07. The molecule has 5 heteroatoms. The van der Waals surface area contributed by atoms with Crippen LogP contribution in [0.15, 0.2) is 23.3 Å². The highest BCUT2D eigenvalue weighted by Crippen LogP contribution is 2.35. The van der Waals surface area contributed by atoms with E-state index in [1.54, 1.807) is 17.7 Å². The van der Waals surface area contributed by atoms with Gasteiger partial charge in [0.25, 0.3) is 0 Å². The molecule has 0 aliphatic carbocycles. The van der Waals surface area contributed by atoms with Gasteiger partial charge in [-0.2, -0.15) is 0 Å². The van der Waals surface area contributed by atoms with Crippen LogP contribution in [-0.2, 0) is 6.42 Å². The highest BCUT2D eigenvalue weighted by Gasteiger charge is 2.15. The second-order valence-corrected chi connectivity index (χ2v) is 4.60. The monoisotopic (exact) mass is 262 g/mol. The summed E-state index contributed by atoms with van der Waals surface area (Å²) in [7, 11) is 0. The summed E-state index contributed by atoms with van der Waals surface area (Å²) in [6, 6.07) is 2.13. The van der Waals surface area contributed by atoms with Gasteiger partial charge in [-0.1, -0.05) is 18.5 Å². The molecule has 1 aromatic rings. The van der Waals surface area contributed by atoms with Crippen LogP contribution < -0.4 is 5.32 Å². The summed E-state index contributed by atoms with van der Waals surface area (Å²) in [5, 5.41) is 3.75. The fourth-order valence-corrected chi connectivity index (χ4v) is 2.77. The van der Waals surface area contributed by atoms with Crippen LogP contribution >= 0.6 is 35.3 Å². The van der Waals surface area contributed by atoms with E-state index in [2.05, 4.69) is 17.2 Å². The molecule has 0 spiro atoms. The Hall–Kier alpha value is -0.510. The van der Waals surface area contributed by atoms with E-state index in [4.69, 9.17) is 11.6 Å². The molecule has 0 radical (unpaired) electrons. The molecule has 2 nitrogen and oxygen atoms in total. The number of rotatable bonds is 2. The molecule has 1 atom stereocenters. The molecule has 0 saturated heterocycles. The van der Waals surface area contributed by atoms with E-state index in [1.807, 2.05) is 18.3 Å². The first kappa shape index (κ1) is 12.6. The molecule has 82 valence electrons. The number of nitrogens with one attached hydrogen (secondary N) is 1. The number of aliphatic imine (C=N–C) groups is 1. The van der Waals surface area contributed by atoms with Crippen molar-refractivity contribution >= 4 is 41.7 Å². The zero-order valence-corrected chi connectivity index (χ0v) is 10.6. The van der Waals surface area contributed by atoms with Crippen molar-refractivity contribution in [1.82, 2.24) is 5.32 Å². The summed E-state index contributed by atoms with van der Waals surface area (Å²) in [4.78, 5) is 6.76. The lowest BCUT2D eigenvalue weighted by molar-refractivity contribution is 0.905. The van der Waals surface area contributed by atoms with Gasteiger partial charge in [-0.15, -0.1) is 23.7 Å². The van der Waals surface area contributed by atoms with Crippen molar-refractivity contribution in [3.63, 3.8) is 0 Å². The van der Waals surface area contributed by atoms with E-state index in [0.29, 0.717) is 0 Å². The van der Waals surface area contributed by atoms with Crippen molar-refractivity contribution in [2.75, 3.05) is 0 Å². The molecule has 1 aliphatic rings. The molecule has 1 aromatic heterocycles. The number of hydrogen-bond donors (Lipinski definition) is 1. The number of nitrogens with zero attached hydrogens (tertiary/aromatic N) is 1. The molecule has 1 unspecified atom stereocenters. The lowest BCUT2D eigenvalue weighted by Gasteiger charge is -2.09. The molecule has 1 N–H and O–H groups in total. The molecular weight excluding hydrogens is 251 g/mol. The summed E-state index contributed by atoms with van der Waals surface area (Å²) in [5.74, 6) is 0. The fraction of sp³-hybridized carbons (Fsp3) is 0.300. The maximum Gasteiger partial charge on any atom is 0.107 e. The minimum absolute atomic E-state index is 0. The molecule has 2 rings (SSSR count). The minimum atomic E-state index is 0. The predicted octanol–water partition coefficient (Wildman–Crippen LogP) is 3.57.